The molecule has 1 rings (SSSR count). The summed E-state index contributed by atoms with van der Waals surface area (Å²) in [5, 5.41) is 3.49. The molecule has 0 bridgehead atoms. The second kappa shape index (κ2) is 7.41. The Morgan fingerprint density at radius 1 is 1.14 bits per heavy atom. The van der Waals surface area contributed by atoms with Gasteiger partial charge in [-0.05, 0) is 45.6 Å². The molecule has 1 unspecified atom stereocenters. The molecular formula is C17H29NO2S. The summed E-state index contributed by atoms with van der Waals surface area (Å²) < 4.78 is 23.5. The van der Waals surface area contributed by atoms with Crippen molar-refractivity contribution in [2.45, 2.75) is 52.5 Å². The molecule has 1 aromatic carbocycles. The van der Waals surface area contributed by atoms with Gasteiger partial charge in [-0.25, -0.2) is 8.42 Å². The van der Waals surface area contributed by atoms with E-state index in [4.69, 9.17) is 0 Å². The standard InChI is InChI=1S/C17H29NO2S/c1-6-21(19,20)12-11-16(13-18-17(3,4)5)15-9-7-14(2)8-10-15/h7-10,16,18H,6,11-13H2,1-5H3. The predicted molar refractivity (Wildman–Crippen MR) is 90.6 cm³/mol. The third-order valence-electron chi connectivity index (χ3n) is 3.64. The molecule has 0 amide bonds. The van der Waals surface area contributed by atoms with Crippen molar-refractivity contribution >= 4 is 9.84 Å². The molecule has 120 valence electrons. The lowest BCUT2D eigenvalue weighted by Crippen LogP contribution is -2.38. The van der Waals surface area contributed by atoms with Crippen molar-refractivity contribution in [1.82, 2.24) is 5.32 Å². The molecule has 0 saturated heterocycles. The SMILES string of the molecule is CCS(=O)(=O)CCC(CNC(C)(C)C)c1ccc(C)cc1. The van der Waals surface area contributed by atoms with Crippen molar-refractivity contribution in [1.29, 1.82) is 0 Å². The second-order valence-electron chi connectivity index (χ2n) is 6.76. The van der Waals surface area contributed by atoms with E-state index >= 15 is 0 Å². The van der Waals surface area contributed by atoms with E-state index in [-0.39, 0.29) is 23.0 Å². The predicted octanol–water partition coefficient (Wildman–Crippen LogP) is 3.29. The van der Waals surface area contributed by atoms with Crippen molar-refractivity contribution in [2.75, 3.05) is 18.1 Å². The number of benzene rings is 1. The van der Waals surface area contributed by atoms with Crippen LogP contribution in [0.25, 0.3) is 0 Å². The molecule has 0 aliphatic carbocycles. The highest BCUT2D eigenvalue weighted by molar-refractivity contribution is 7.91. The Hall–Kier alpha value is -0.870. The minimum absolute atomic E-state index is 0.0343. The topological polar surface area (TPSA) is 46.2 Å². The fraction of sp³-hybridized carbons (Fsp3) is 0.647. The largest absolute Gasteiger partial charge is 0.311 e. The molecule has 0 radical (unpaired) electrons. The van der Waals surface area contributed by atoms with Crippen molar-refractivity contribution in [3.05, 3.63) is 35.4 Å². The summed E-state index contributed by atoms with van der Waals surface area (Å²) >= 11 is 0. The lowest BCUT2D eigenvalue weighted by molar-refractivity contribution is 0.403. The van der Waals surface area contributed by atoms with Crippen molar-refractivity contribution < 1.29 is 8.42 Å². The maximum absolute atomic E-state index is 11.8. The third kappa shape index (κ3) is 7.09. The van der Waals surface area contributed by atoms with Gasteiger partial charge in [0, 0.05) is 17.8 Å². The zero-order valence-electron chi connectivity index (χ0n) is 13.9. The quantitative estimate of drug-likeness (QED) is 0.840. The summed E-state index contributed by atoms with van der Waals surface area (Å²) in [4.78, 5) is 0. The number of nitrogens with one attached hydrogen (secondary N) is 1. The van der Waals surface area contributed by atoms with Crippen LogP contribution in [0.2, 0.25) is 0 Å². The fourth-order valence-corrected chi connectivity index (χ4v) is 3.05. The highest BCUT2D eigenvalue weighted by Gasteiger charge is 2.18. The normalized spacial score (nSPS) is 14.1. The number of rotatable bonds is 7. The van der Waals surface area contributed by atoms with E-state index in [0.29, 0.717) is 6.42 Å². The van der Waals surface area contributed by atoms with Crippen LogP contribution < -0.4 is 5.32 Å². The van der Waals surface area contributed by atoms with E-state index in [9.17, 15) is 8.42 Å². The highest BCUT2D eigenvalue weighted by atomic mass is 32.2. The smallest absolute Gasteiger partial charge is 0.150 e. The first-order valence-corrected chi connectivity index (χ1v) is 9.47. The van der Waals surface area contributed by atoms with Crippen LogP contribution in [-0.2, 0) is 9.84 Å². The number of aryl methyl sites for hydroxylation is 1. The summed E-state index contributed by atoms with van der Waals surface area (Å²) in [6.07, 6.45) is 0.669. The zero-order chi connectivity index (χ0) is 16.1. The number of hydrogen-bond acceptors (Lipinski definition) is 3. The molecule has 3 nitrogen and oxygen atoms in total. The van der Waals surface area contributed by atoms with E-state index in [1.54, 1.807) is 6.92 Å². The van der Waals surface area contributed by atoms with Gasteiger partial charge in [-0.15, -0.1) is 0 Å². The molecule has 0 aliphatic rings. The minimum Gasteiger partial charge on any atom is -0.311 e. The van der Waals surface area contributed by atoms with Crippen molar-refractivity contribution in [2.24, 2.45) is 0 Å². The van der Waals surface area contributed by atoms with Crippen LogP contribution in [0.15, 0.2) is 24.3 Å². The summed E-state index contributed by atoms with van der Waals surface area (Å²) in [6.45, 7) is 11.0. The van der Waals surface area contributed by atoms with Crippen LogP contribution >= 0.6 is 0 Å². The first-order chi connectivity index (χ1) is 9.63. The molecule has 0 spiro atoms. The van der Waals surface area contributed by atoms with E-state index in [1.807, 2.05) is 0 Å². The lowest BCUT2D eigenvalue weighted by atomic mass is 9.94. The maximum Gasteiger partial charge on any atom is 0.150 e. The van der Waals surface area contributed by atoms with Crippen molar-refractivity contribution in [3.63, 3.8) is 0 Å². The number of hydrogen-bond donors (Lipinski definition) is 1. The van der Waals surface area contributed by atoms with Gasteiger partial charge in [-0.2, -0.15) is 0 Å². The summed E-state index contributed by atoms with van der Waals surface area (Å²) in [5.41, 5.74) is 2.47. The Morgan fingerprint density at radius 2 is 1.71 bits per heavy atom. The average molecular weight is 311 g/mol. The second-order valence-corrected chi connectivity index (χ2v) is 9.24. The molecule has 0 aliphatic heterocycles. The van der Waals surface area contributed by atoms with Crippen LogP contribution in [0, 0.1) is 6.92 Å². The summed E-state index contributed by atoms with van der Waals surface area (Å²) in [6, 6.07) is 8.41. The molecule has 0 saturated carbocycles. The Kier molecular flexibility index (Phi) is 6.41. The van der Waals surface area contributed by atoms with Crippen LogP contribution in [0.1, 0.15) is 51.2 Å². The van der Waals surface area contributed by atoms with E-state index < -0.39 is 9.84 Å². The van der Waals surface area contributed by atoms with Gasteiger partial charge >= 0.3 is 0 Å². The molecule has 0 aromatic heterocycles. The van der Waals surface area contributed by atoms with Gasteiger partial charge in [-0.1, -0.05) is 36.8 Å². The van der Waals surface area contributed by atoms with E-state index in [1.165, 1.54) is 11.1 Å². The van der Waals surface area contributed by atoms with Gasteiger partial charge in [0.25, 0.3) is 0 Å². The van der Waals surface area contributed by atoms with Gasteiger partial charge in [0.15, 0.2) is 0 Å². The van der Waals surface area contributed by atoms with Crippen LogP contribution in [-0.4, -0.2) is 32.0 Å². The Morgan fingerprint density at radius 3 is 2.19 bits per heavy atom. The van der Waals surface area contributed by atoms with E-state index in [2.05, 4.69) is 57.3 Å². The Labute approximate surface area is 130 Å². The van der Waals surface area contributed by atoms with Gasteiger partial charge in [0.05, 0.1) is 5.75 Å². The van der Waals surface area contributed by atoms with Gasteiger partial charge in [-0.3, -0.25) is 0 Å². The first kappa shape index (κ1) is 18.2. The van der Waals surface area contributed by atoms with Crippen LogP contribution in [0.5, 0.6) is 0 Å². The van der Waals surface area contributed by atoms with Crippen molar-refractivity contribution in [3.8, 4) is 0 Å². The van der Waals surface area contributed by atoms with Crippen LogP contribution in [0.4, 0.5) is 0 Å². The average Bonchev–Trinajstić information content (AvgIpc) is 2.39. The molecule has 1 aromatic rings. The molecule has 1 N–H and O–H groups in total. The molecule has 1 atom stereocenters. The third-order valence-corrected chi connectivity index (χ3v) is 5.38. The molecule has 4 heteroatoms. The highest BCUT2D eigenvalue weighted by Crippen LogP contribution is 2.21. The zero-order valence-corrected chi connectivity index (χ0v) is 14.8. The summed E-state index contributed by atoms with van der Waals surface area (Å²) in [5.74, 6) is 0.708. The molecular weight excluding hydrogens is 282 g/mol. The first-order valence-electron chi connectivity index (χ1n) is 7.65. The molecule has 0 fully saturated rings. The molecule has 21 heavy (non-hydrogen) atoms. The maximum atomic E-state index is 11.8. The van der Waals surface area contributed by atoms with E-state index in [0.717, 1.165) is 6.54 Å². The summed E-state index contributed by atoms with van der Waals surface area (Å²) in [7, 11) is -2.91. The Balaban J connectivity index is 2.81. The van der Waals surface area contributed by atoms with Gasteiger partial charge in [0.1, 0.15) is 9.84 Å². The minimum atomic E-state index is -2.91. The Bertz CT molecular complexity index is 527. The van der Waals surface area contributed by atoms with Gasteiger partial charge in [0.2, 0.25) is 0 Å². The fourth-order valence-electron chi connectivity index (χ4n) is 2.12. The lowest BCUT2D eigenvalue weighted by Gasteiger charge is -2.25. The molecule has 0 heterocycles. The van der Waals surface area contributed by atoms with Gasteiger partial charge < -0.3 is 5.32 Å². The monoisotopic (exact) mass is 311 g/mol. The number of sulfone groups is 1. The van der Waals surface area contributed by atoms with Crippen LogP contribution in [0.3, 0.4) is 0 Å².